The molecule has 4 nitrogen and oxygen atoms in total. The highest BCUT2D eigenvalue weighted by molar-refractivity contribution is 6.19. The van der Waals surface area contributed by atoms with E-state index in [9.17, 15) is 4.79 Å². The van der Waals surface area contributed by atoms with E-state index in [-0.39, 0.29) is 11.7 Å². The summed E-state index contributed by atoms with van der Waals surface area (Å²) in [6.07, 6.45) is 15.2. The van der Waals surface area contributed by atoms with Crippen LogP contribution in [0.4, 0.5) is 0 Å². The minimum Gasteiger partial charge on any atom is -0.371 e. The zero-order chi connectivity index (χ0) is 29.3. The average molecular weight is 526 g/mol. The Labute approximate surface area is 237 Å². The summed E-state index contributed by atoms with van der Waals surface area (Å²) in [5, 5.41) is 0. The Bertz CT molecular complexity index is 1230. The molecular formula is C35H47N3O. The van der Waals surface area contributed by atoms with Gasteiger partial charge in [-0.2, -0.15) is 0 Å². The van der Waals surface area contributed by atoms with Crippen LogP contribution in [0.1, 0.15) is 54.4 Å². The highest BCUT2D eigenvalue weighted by atomic mass is 16.1. The van der Waals surface area contributed by atoms with E-state index in [1.807, 2.05) is 32.1 Å². The van der Waals surface area contributed by atoms with E-state index in [2.05, 4.69) is 82.1 Å². The van der Waals surface area contributed by atoms with Crippen molar-refractivity contribution < 1.29 is 4.79 Å². The van der Waals surface area contributed by atoms with Crippen molar-refractivity contribution in [2.24, 2.45) is 27.7 Å². The molecule has 208 valence electrons. The number of likely N-dealkylation sites (tertiary alicyclic amines) is 1. The zero-order valence-electron chi connectivity index (χ0n) is 25.2. The Kier molecular flexibility index (Phi) is 11.8. The molecule has 0 radical (unpaired) electrons. The second kappa shape index (κ2) is 14.6. The number of nitrogens with zero attached hydrogens (tertiary/aromatic N) is 3. The van der Waals surface area contributed by atoms with E-state index in [0.717, 1.165) is 47.6 Å². The minimum atomic E-state index is -0.126. The van der Waals surface area contributed by atoms with E-state index in [0.29, 0.717) is 35.2 Å². The third-order valence-electron chi connectivity index (χ3n) is 7.33. The van der Waals surface area contributed by atoms with Gasteiger partial charge in [0.25, 0.3) is 0 Å². The largest absolute Gasteiger partial charge is 0.371 e. The van der Waals surface area contributed by atoms with Crippen molar-refractivity contribution in [1.82, 2.24) is 4.90 Å². The molecule has 3 atom stereocenters. The number of aliphatic imine (C=N–C) groups is 2. The van der Waals surface area contributed by atoms with Gasteiger partial charge in [0, 0.05) is 44.0 Å². The van der Waals surface area contributed by atoms with Crippen LogP contribution in [-0.4, -0.2) is 42.2 Å². The first-order valence-electron chi connectivity index (χ1n) is 13.8. The lowest BCUT2D eigenvalue weighted by Gasteiger charge is -2.27. The topological polar surface area (TPSA) is 45.0 Å². The van der Waals surface area contributed by atoms with E-state index in [1.165, 1.54) is 5.57 Å². The first-order chi connectivity index (χ1) is 18.4. The van der Waals surface area contributed by atoms with Gasteiger partial charge in [-0.05, 0) is 74.3 Å². The molecule has 0 aromatic carbocycles. The molecule has 39 heavy (non-hydrogen) atoms. The average Bonchev–Trinajstić information content (AvgIpc) is 3.09. The van der Waals surface area contributed by atoms with E-state index in [1.54, 1.807) is 13.1 Å². The van der Waals surface area contributed by atoms with Gasteiger partial charge in [0.05, 0.1) is 11.4 Å². The van der Waals surface area contributed by atoms with E-state index in [4.69, 9.17) is 4.99 Å². The Morgan fingerprint density at radius 2 is 1.92 bits per heavy atom. The third-order valence-corrected chi connectivity index (χ3v) is 7.33. The molecule has 4 heteroatoms. The van der Waals surface area contributed by atoms with Gasteiger partial charge in [0.2, 0.25) is 0 Å². The Morgan fingerprint density at radius 1 is 1.23 bits per heavy atom. The van der Waals surface area contributed by atoms with Gasteiger partial charge in [-0.15, -0.1) is 0 Å². The highest BCUT2D eigenvalue weighted by Gasteiger charge is 2.23. The monoisotopic (exact) mass is 525 g/mol. The summed E-state index contributed by atoms with van der Waals surface area (Å²) >= 11 is 0. The van der Waals surface area contributed by atoms with Crippen LogP contribution < -0.4 is 0 Å². The number of rotatable bonds is 9. The van der Waals surface area contributed by atoms with Gasteiger partial charge in [-0.25, -0.2) is 0 Å². The molecule has 0 aromatic rings. The number of carbonyl (C=O) groups is 1. The molecule has 1 fully saturated rings. The Hall–Kier alpha value is -3.53. The fraction of sp³-hybridized carbons (Fsp3) is 0.400. The normalized spacial score (nSPS) is 23.4. The number of allylic oxidation sites excluding steroid dienone is 11. The van der Waals surface area contributed by atoms with Crippen LogP contribution in [-0.2, 0) is 4.79 Å². The van der Waals surface area contributed by atoms with Crippen molar-refractivity contribution in [2.45, 2.75) is 54.4 Å². The van der Waals surface area contributed by atoms with Gasteiger partial charge in [0.1, 0.15) is 0 Å². The van der Waals surface area contributed by atoms with Crippen molar-refractivity contribution in [1.29, 1.82) is 0 Å². The smallest absolute Gasteiger partial charge is 0.183 e. The molecule has 0 aromatic heterocycles. The van der Waals surface area contributed by atoms with Gasteiger partial charge >= 0.3 is 0 Å². The molecule has 0 bridgehead atoms. The van der Waals surface area contributed by atoms with Crippen LogP contribution in [0.15, 0.2) is 118 Å². The molecular weight excluding hydrogens is 478 g/mol. The molecule has 2 heterocycles. The summed E-state index contributed by atoms with van der Waals surface area (Å²) < 4.78 is 0. The van der Waals surface area contributed by atoms with Crippen LogP contribution in [0.3, 0.4) is 0 Å². The maximum absolute atomic E-state index is 12.9. The fourth-order valence-corrected chi connectivity index (χ4v) is 4.98. The lowest BCUT2D eigenvalue weighted by Crippen LogP contribution is -2.28. The van der Waals surface area contributed by atoms with E-state index >= 15 is 0 Å². The highest BCUT2D eigenvalue weighted by Crippen LogP contribution is 2.28. The van der Waals surface area contributed by atoms with Crippen LogP contribution in [0.2, 0.25) is 0 Å². The van der Waals surface area contributed by atoms with Crippen LogP contribution >= 0.6 is 0 Å². The summed E-state index contributed by atoms with van der Waals surface area (Å²) in [5.41, 5.74) is 7.98. The molecule has 0 saturated carbocycles. The Morgan fingerprint density at radius 3 is 2.51 bits per heavy atom. The third kappa shape index (κ3) is 9.02. The van der Waals surface area contributed by atoms with E-state index < -0.39 is 0 Å². The first kappa shape index (κ1) is 31.7. The standard InChI is InChI=1S/C35H47N3O/c1-12-24(5)16-27(8)32(23(3)4)19-33(36-11)34-20-35(39)28(9)18-30(37-34)14-15-31(13-2)38-21-25(6)17-26(7)29(10)22-38/h12-16,19-20,25,27,29H,1,3,7,9,17-18,21-22H2,2,4-6,8,10-11H3/b15-14-,24-16-,31-13+,32-19-,36-33?/t25-,27?,29-/m0/s1. The Balaban J connectivity index is 2.46. The number of hydrogen-bond donors (Lipinski definition) is 0. The SMILES string of the molecule is C=C/C(C)=C\C(C)/C(=C\C(=NC)C1=CC(=O)C(=C)CC(/C=C\C(=C/C)N2C[C@@H](C)CC(=C)[C@@H](C)C2)=N1)C(=C)C. The number of carbonyl (C=O) groups excluding carboxylic acids is 1. The fourth-order valence-electron chi connectivity index (χ4n) is 4.98. The van der Waals surface area contributed by atoms with Crippen molar-refractivity contribution in [3.8, 4) is 0 Å². The van der Waals surface area contributed by atoms with Crippen LogP contribution in [0, 0.1) is 17.8 Å². The van der Waals surface area contributed by atoms with Crippen molar-refractivity contribution in [3.63, 3.8) is 0 Å². The molecule has 0 N–H and O–H groups in total. The van der Waals surface area contributed by atoms with Gasteiger partial charge in [0.15, 0.2) is 5.78 Å². The molecule has 0 amide bonds. The summed E-state index contributed by atoms with van der Waals surface area (Å²) in [5.74, 6) is 0.951. The van der Waals surface area contributed by atoms with Crippen molar-refractivity contribution >= 4 is 17.2 Å². The maximum Gasteiger partial charge on any atom is 0.183 e. The molecule has 0 aliphatic carbocycles. The van der Waals surface area contributed by atoms with Crippen molar-refractivity contribution in [3.05, 3.63) is 108 Å². The quantitative estimate of drug-likeness (QED) is 0.132. The van der Waals surface area contributed by atoms with Gasteiger partial charge in [-0.1, -0.05) is 82.0 Å². The summed E-state index contributed by atoms with van der Waals surface area (Å²) in [6.45, 7) is 31.0. The molecule has 1 saturated heterocycles. The lowest BCUT2D eigenvalue weighted by atomic mass is 9.92. The van der Waals surface area contributed by atoms with Crippen LogP contribution in [0.5, 0.6) is 0 Å². The van der Waals surface area contributed by atoms with Crippen molar-refractivity contribution in [2.75, 3.05) is 20.1 Å². The second-order valence-corrected chi connectivity index (χ2v) is 11.0. The molecule has 2 aliphatic heterocycles. The summed E-state index contributed by atoms with van der Waals surface area (Å²) in [4.78, 5) is 24.8. The summed E-state index contributed by atoms with van der Waals surface area (Å²) in [7, 11) is 1.72. The molecule has 2 aliphatic rings. The maximum atomic E-state index is 12.9. The summed E-state index contributed by atoms with van der Waals surface area (Å²) in [6, 6.07) is 0. The lowest BCUT2D eigenvalue weighted by molar-refractivity contribution is -0.111. The second-order valence-electron chi connectivity index (χ2n) is 11.0. The molecule has 2 rings (SSSR count). The predicted molar refractivity (Wildman–Crippen MR) is 170 cm³/mol. The molecule has 0 spiro atoms. The number of ketones is 1. The predicted octanol–water partition coefficient (Wildman–Crippen LogP) is 8.18. The molecule has 1 unspecified atom stereocenters. The zero-order valence-corrected chi connectivity index (χ0v) is 25.2. The van der Waals surface area contributed by atoms with Gasteiger partial charge < -0.3 is 4.90 Å². The first-order valence-corrected chi connectivity index (χ1v) is 13.8. The minimum absolute atomic E-state index is 0.101. The van der Waals surface area contributed by atoms with Crippen LogP contribution in [0.25, 0.3) is 0 Å². The number of hydrogen-bond acceptors (Lipinski definition) is 4. The van der Waals surface area contributed by atoms with Gasteiger partial charge in [-0.3, -0.25) is 14.8 Å².